The molecular formula is C23H44O4. The van der Waals surface area contributed by atoms with E-state index in [1.54, 1.807) is 6.92 Å². The Labute approximate surface area is 167 Å². The molecule has 0 aromatic rings. The number of unbranched alkanes of at least 4 members (excludes halogenated alkanes) is 12. The summed E-state index contributed by atoms with van der Waals surface area (Å²) in [5, 5.41) is 0. The number of hydrogen-bond donors (Lipinski definition) is 0. The minimum atomic E-state index is -0.361. The molecule has 0 aromatic heterocycles. The van der Waals surface area contributed by atoms with Crippen molar-refractivity contribution in [1.82, 2.24) is 0 Å². The van der Waals surface area contributed by atoms with E-state index in [2.05, 4.69) is 6.92 Å². The fourth-order valence-corrected chi connectivity index (χ4v) is 3.09. The van der Waals surface area contributed by atoms with Crippen LogP contribution in [0.3, 0.4) is 0 Å². The summed E-state index contributed by atoms with van der Waals surface area (Å²) in [4.78, 5) is 23.0. The number of esters is 2. The molecule has 0 aromatic carbocycles. The zero-order chi connectivity index (χ0) is 20.2. The third-order valence-electron chi connectivity index (χ3n) is 4.75. The molecule has 0 saturated carbocycles. The van der Waals surface area contributed by atoms with Crippen molar-refractivity contribution in [3.05, 3.63) is 0 Å². The van der Waals surface area contributed by atoms with Gasteiger partial charge in [-0.1, -0.05) is 90.9 Å². The zero-order valence-corrected chi connectivity index (χ0v) is 18.2. The summed E-state index contributed by atoms with van der Waals surface area (Å²) >= 11 is 0. The fraction of sp³-hybridized carbons (Fsp3) is 0.913. The number of rotatable bonds is 19. The highest BCUT2D eigenvalue weighted by molar-refractivity contribution is 5.70. The van der Waals surface area contributed by atoms with E-state index in [4.69, 9.17) is 9.47 Å². The monoisotopic (exact) mass is 384 g/mol. The van der Waals surface area contributed by atoms with Gasteiger partial charge in [0.1, 0.15) is 12.7 Å². The minimum Gasteiger partial charge on any atom is -0.462 e. The largest absolute Gasteiger partial charge is 0.462 e. The molecule has 0 amide bonds. The number of ether oxygens (including phenoxy) is 2. The summed E-state index contributed by atoms with van der Waals surface area (Å²) in [6.45, 7) is 6.11. The van der Waals surface area contributed by atoms with Gasteiger partial charge in [-0.2, -0.15) is 0 Å². The maximum Gasteiger partial charge on any atom is 0.306 e. The third-order valence-corrected chi connectivity index (χ3v) is 4.75. The Morgan fingerprint density at radius 1 is 0.630 bits per heavy atom. The first-order valence-electron chi connectivity index (χ1n) is 11.4. The van der Waals surface area contributed by atoms with Gasteiger partial charge < -0.3 is 9.47 Å². The molecule has 0 saturated heterocycles. The lowest BCUT2D eigenvalue weighted by Crippen LogP contribution is -2.22. The lowest BCUT2D eigenvalue weighted by atomic mass is 10.0. The van der Waals surface area contributed by atoms with Crippen LogP contribution < -0.4 is 0 Å². The second-order valence-corrected chi connectivity index (χ2v) is 7.73. The summed E-state index contributed by atoms with van der Waals surface area (Å²) in [5.41, 5.74) is 0. The fourth-order valence-electron chi connectivity index (χ4n) is 3.09. The van der Waals surface area contributed by atoms with Crippen LogP contribution in [0.4, 0.5) is 0 Å². The van der Waals surface area contributed by atoms with Gasteiger partial charge in [-0.05, 0) is 19.8 Å². The van der Waals surface area contributed by atoms with Crippen LogP contribution in [0.25, 0.3) is 0 Å². The molecule has 160 valence electrons. The average molecular weight is 385 g/mol. The first-order valence-corrected chi connectivity index (χ1v) is 11.4. The second kappa shape index (κ2) is 19.7. The van der Waals surface area contributed by atoms with Gasteiger partial charge in [0, 0.05) is 12.8 Å². The Balaban J connectivity index is 3.33. The first-order chi connectivity index (χ1) is 13.1. The molecule has 0 bridgehead atoms. The highest BCUT2D eigenvalue weighted by Crippen LogP contribution is 2.13. The van der Waals surface area contributed by atoms with Crippen LogP contribution in [0.5, 0.6) is 0 Å². The van der Waals surface area contributed by atoms with Crippen LogP contribution in [0.1, 0.15) is 124 Å². The zero-order valence-electron chi connectivity index (χ0n) is 18.2. The molecule has 1 atom stereocenters. The normalized spacial score (nSPS) is 12.0. The SMILES string of the molecule is CCCCCCCCCCCCCCCC(=O)OC[C@H](C)OC(=O)CCC. The molecule has 0 rings (SSSR count). The van der Waals surface area contributed by atoms with Gasteiger partial charge in [-0.25, -0.2) is 0 Å². The first kappa shape index (κ1) is 25.9. The molecule has 0 radical (unpaired) electrons. The maximum atomic E-state index is 11.7. The molecule has 4 nitrogen and oxygen atoms in total. The molecule has 0 aliphatic heterocycles. The lowest BCUT2D eigenvalue weighted by Gasteiger charge is -2.13. The molecule has 27 heavy (non-hydrogen) atoms. The Morgan fingerprint density at radius 2 is 1.11 bits per heavy atom. The quantitative estimate of drug-likeness (QED) is 0.183. The van der Waals surface area contributed by atoms with Crippen molar-refractivity contribution in [2.45, 2.75) is 130 Å². The molecular weight excluding hydrogens is 340 g/mol. The predicted octanol–water partition coefficient (Wildman–Crippen LogP) is 6.74. The summed E-state index contributed by atoms with van der Waals surface area (Å²) in [7, 11) is 0. The Morgan fingerprint density at radius 3 is 1.59 bits per heavy atom. The molecule has 0 heterocycles. The van der Waals surface area contributed by atoms with Crippen LogP contribution in [0.15, 0.2) is 0 Å². The number of hydrogen-bond acceptors (Lipinski definition) is 4. The smallest absolute Gasteiger partial charge is 0.306 e. The standard InChI is InChI=1S/C23H44O4/c1-4-6-7-8-9-10-11-12-13-14-15-16-17-19-22(24)26-20-21(3)27-23(25)18-5-2/h21H,4-20H2,1-3H3/t21-/m0/s1. The molecule has 0 aliphatic rings. The van der Waals surface area contributed by atoms with Crippen molar-refractivity contribution >= 4 is 11.9 Å². The summed E-state index contributed by atoms with van der Waals surface area (Å²) in [6, 6.07) is 0. The minimum absolute atomic E-state index is 0.159. The van der Waals surface area contributed by atoms with Gasteiger partial charge in [0.15, 0.2) is 0 Å². The van der Waals surface area contributed by atoms with Gasteiger partial charge >= 0.3 is 11.9 Å². The third kappa shape index (κ3) is 19.5. The molecule has 0 fully saturated rings. The van der Waals surface area contributed by atoms with Crippen LogP contribution >= 0.6 is 0 Å². The van der Waals surface area contributed by atoms with Crippen LogP contribution in [0, 0.1) is 0 Å². The average Bonchev–Trinajstić information content (AvgIpc) is 2.64. The Hall–Kier alpha value is -1.06. The van der Waals surface area contributed by atoms with E-state index < -0.39 is 0 Å². The van der Waals surface area contributed by atoms with Gasteiger partial charge in [-0.3, -0.25) is 9.59 Å². The number of carbonyl (C=O) groups excluding carboxylic acids is 2. The highest BCUT2D eigenvalue weighted by atomic mass is 16.6. The summed E-state index contributed by atoms with van der Waals surface area (Å²) < 4.78 is 10.3. The van der Waals surface area contributed by atoms with E-state index in [1.165, 1.54) is 70.6 Å². The molecule has 0 N–H and O–H groups in total. The van der Waals surface area contributed by atoms with Crippen molar-refractivity contribution in [3.8, 4) is 0 Å². The summed E-state index contributed by atoms with van der Waals surface area (Å²) in [5.74, 6) is -0.408. The molecule has 0 aliphatic carbocycles. The Bertz CT molecular complexity index is 354. The van der Waals surface area contributed by atoms with Crippen molar-refractivity contribution in [1.29, 1.82) is 0 Å². The molecule has 4 heteroatoms. The van der Waals surface area contributed by atoms with Gasteiger partial charge in [0.05, 0.1) is 0 Å². The van der Waals surface area contributed by atoms with Crippen molar-refractivity contribution < 1.29 is 19.1 Å². The van der Waals surface area contributed by atoms with Crippen LogP contribution in [-0.2, 0) is 19.1 Å². The highest BCUT2D eigenvalue weighted by Gasteiger charge is 2.11. The van der Waals surface area contributed by atoms with E-state index >= 15 is 0 Å². The van der Waals surface area contributed by atoms with E-state index in [9.17, 15) is 9.59 Å². The van der Waals surface area contributed by atoms with E-state index in [0.29, 0.717) is 12.8 Å². The van der Waals surface area contributed by atoms with Crippen LogP contribution in [0.2, 0.25) is 0 Å². The van der Waals surface area contributed by atoms with E-state index in [0.717, 1.165) is 19.3 Å². The Kier molecular flexibility index (Phi) is 18.9. The molecule has 0 unspecified atom stereocenters. The van der Waals surface area contributed by atoms with E-state index in [1.807, 2.05) is 6.92 Å². The van der Waals surface area contributed by atoms with Crippen molar-refractivity contribution in [2.24, 2.45) is 0 Å². The van der Waals surface area contributed by atoms with Crippen molar-refractivity contribution in [2.75, 3.05) is 6.61 Å². The number of carbonyl (C=O) groups is 2. The van der Waals surface area contributed by atoms with Gasteiger partial charge in [-0.15, -0.1) is 0 Å². The van der Waals surface area contributed by atoms with E-state index in [-0.39, 0.29) is 24.6 Å². The van der Waals surface area contributed by atoms with Crippen LogP contribution in [-0.4, -0.2) is 24.6 Å². The summed E-state index contributed by atoms with van der Waals surface area (Å²) in [6.07, 6.45) is 18.1. The molecule has 0 spiro atoms. The predicted molar refractivity (Wildman–Crippen MR) is 112 cm³/mol. The van der Waals surface area contributed by atoms with Gasteiger partial charge in [0.25, 0.3) is 0 Å². The lowest BCUT2D eigenvalue weighted by molar-refractivity contribution is -0.158. The topological polar surface area (TPSA) is 52.6 Å². The van der Waals surface area contributed by atoms with Gasteiger partial charge in [0.2, 0.25) is 0 Å². The second-order valence-electron chi connectivity index (χ2n) is 7.73. The maximum absolute atomic E-state index is 11.7. The van der Waals surface area contributed by atoms with Crippen molar-refractivity contribution in [3.63, 3.8) is 0 Å².